The van der Waals surface area contributed by atoms with Crippen molar-refractivity contribution in [2.24, 2.45) is 0 Å². The van der Waals surface area contributed by atoms with Crippen LogP contribution in [0.3, 0.4) is 0 Å². The van der Waals surface area contributed by atoms with Crippen molar-refractivity contribution in [3.63, 3.8) is 0 Å². The molecule has 4 heterocycles. The van der Waals surface area contributed by atoms with Crippen LogP contribution < -0.4 is 9.47 Å². The molecule has 0 saturated carbocycles. The minimum atomic E-state index is -0.0205. The van der Waals surface area contributed by atoms with Crippen LogP contribution in [0.2, 0.25) is 0 Å². The molecule has 4 aromatic rings. The lowest BCUT2D eigenvalue weighted by Gasteiger charge is -2.20. The van der Waals surface area contributed by atoms with Crippen molar-refractivity contribution in [3.05, 3.63) is 75.8 Å². The quantitative estimate of drug-likeness (QED) is 0.303. The summed E-state index contributed by atoms with van der Waals surface area (Å²) in [5, 5.41) is 5.42. The minimum absolute atomic E-state index is 0.00638. The maximum Gasteiger partial charge on any atom is 0.247 e. The van der Waals surface area contributed by atoms with Crippen LogP contribution in [0.4, 0.5) is 0 Å². The van der Waals surface area contributed by atoms with Gasteiger partial charge >= 0.3 is 0 Å². The minimum Gasteiger partial charge on any atom is -0.487 e. The number of rotatable bonds is 5. The molecule has 0 spiro atoms. The fourth-order valence-corrected chi connectivity index (χ4v) is 6.13. The largest absolute Gasteiger partial charge is 0.487 e. The predicted molar refractivity (Wildman–Crippen MR) is 141 cm³/mol. The highest BCUT2D eigenvalue weighted by Gasteiger charge is 2.26. The monoisotopic (exact) mass is 503 g/mol. The van der Waals surface area contributed by atoms with E-state index in [0.717, 1.165) is 33.9 Å². The van der Waals surface area contributed by atoms with Crippen LogP contribution in [0.15, 0.2) is 65.4 Å². The lowest BCUT2D eigenvalue weighted by molar-refractivity contribution is -0.126. The molecule has 1 saturated heterocycles. The molecule has 1 atom stereocenters. The summed E-state index contributed by atoms with van der Waals surface area (Å²) in [4.78, 5) is 16.0. The third kappa shape index (κ3) is 4.72. The van der Waals surface area contributed by atoms with Gasteiger partial charge < -0.3 is 19.1 Å². The van der Waals surface area contributed by atoms with Gasteiger partial charge in [0.2, 0.25) is 5.91 Å². The average molecular weight is 504 g/mol. The van der Waals surface area contributed by atoms with E-state index in [0.29, 0.717) is 32.9 Å². The Balaban J connectivity index is 1.37. The van der Waals surface area contributed by atoms with E-state index in [1.54, 1.807) is 28.7 Å². The van der Waals surface area contributed by atoms with Gasteiger partial charge in [0.15, 0.2) is 11.5 Å². The SMILES string of the molecule is O=C(C=Cc1cccs1)N1CCOc2c(cc(-c3csc4ccccc34)cc2OC2CCOC2)C1. The molecule has 178 valence electrons. The number of fused-ring (bicyclic) bond motifs is 2. The average Bonchev–Trinajstić information content (AvgIpc) is 3.63. The van der Waals surface area contributed by atoms with Crippen molar-refractivity contribution < 1.29 is 19.0 Å². The summed E-state index contributed by atoms with van der Waals surface area (Å²) in [7, 11) is 0. The maximum atomic E-state index is 13.0. The summed E-state index contributed by atoms with van der Waals surface area (Å²) in [5.41, 5.74) is 3.20. The smallest absolute Gasteiger partial charge is 0.247 e. The van der Waals surface area contributed by atoms with Crippen LogP contribution >= 0.6 is 22.7 Å². The van der Waals surface area contributed by atoms with Gasteiger partial charge in [-0.1, -0.05) is 24.3 Å². The molecule has 0 radical (unpaired) electrons. The molecule has 6 rings (SSSR count). The first-order valence-electron chi connectivity index (χ1n) is 11.8. The molecule has 0 N–H and O–H groups in total. The van der Waals surface area contributed by atoms with Gasteiger partial charge in [-0.15, -0.1) is 22.7 Å². The Morgan fingerprint density at radius 2 is 2.06 bits per heavy atom. The lowest BCUT2D eigenvalue weighted by atomic mass is 10.0. The lowest BCUT2D eigenvalue weighted by Crippen LogP contribution is -2.30. The molecule has 2 aliphatic heterocycles. The molecule has 2 aliphatic rings. The summed E-state index contributed by atoms with van der Waals surface area (Å²) < 4.78 is 19.4. The van der Waals surface area contributed by atoms with Crippen molar-refractivity contribution >= 4 is 44.7 Å². The van der Waals surface area contributed by atoms with Gasteiger partial charge in [0.25, 0.3) is 0 Å². The van der Waals surface area contributed by atoms with Crippen molar-refractivity contribution in [3.8, 4) is 22.6 Å². The number of carbonyl (C=O) groups is 1. The van der Waals surface area contributed by atoms with Crippen molar-refractivity contribution in [2.75, 3.05) is 26.4 Å². The highest BCUT2D eigenvalue weighted by molar-refractivity contribution is 7.17. The zero-order chi connectivity index (χ0) is 23.6. The van der Waals surface area contributed by atoms with E-state index >= 15 is 0 Å². The second kappa shape index (κ2) is 9.85. The Labute approximate surface area is 212 Å². The number of amides is 1. The van der Waals surface area contributed by atoms with Gasteiger partial charge in [0.05, 0.1) is 19.8 Å². The first-order chi connectivity index (χ1) is 17.2. The predicted octanol–water partition coefficient (Wildman–Crippen LogP) is 6.23. The standard InChI is InChI=1S/C28H25NO4S2/c30-27(8-7-22-4-3-13-34-22)29-10-12-32-28-20(16-29)14-19(15-25(28)33-21-9-11-31-17-21)24-18-35-26-6-2-1-5-23(24)26/h1-8,13-15,18,21H,9-12,16-17H2. The number of hydrogen-bond acceptors (Lipinski definition) is 6. The van der Waals surface area contributed by atoms with E-state index < -0.39 is 0 Å². The van der Waals surface area contributed by atoms with E-state index in [1.807, 2.05) is 28.5 Å². The molecule has 1 unspecified atom stereocenters. The fourth-order valence-electron chi connectivity index (χ4n) is 4.55. The summed E-state index contributed by atoms with van der Waals surface area (Å²) in [6.45, 7) is 2.70. The number of carbonyl (C=O) groups excluding carboxylic acids is 1. The molecular formula is C28H25NO4S2. The molecule has 7 heteroatoms. The molecule has 2 aromatic heterocycles. The first-order valence-corrected chi connectivity index (χ1v) is 13.5. The molecular weight excluding hydrogens is 478 g/mol. The Hall–Kier alpha value is -3.13. The number of nitrogens with zero attached hydrogens (tertiary/aromatic N) is 1. The van der Waals surface area contributed by atoms with Gasteiger partial charge in [0, 0.05) is 45.1 Å². The molecule has 0 bridgehead atoms. The topological polar surface area (TPSA) is 48.0 Å². The highest BCUT2D eigenvalue weighted by Crippen LogP contribution is 2.42. The summed E-state index contributed by atoms with van der Waals surface area (Å²) in [6.07, 6.45) is 4.40. The van der Waals surface area contributed by atoms with E-state index in [4.69, 9.17) is 14.2 Å². The Morgan fingerprint density at radius 1 is 1.11 bits per heavy atom. The molecule has 5 nitrogen and oxygen atoms in total. The van der Waals surface area contributed by atoms with Crippen LogP contribution in [0.1, 0.15) is 16.9 Å². The number of thiophene rings is 2. The second-order valence-electron chi connectivity index (χ2n) is 8.67. The van der Waals surface area contributed by atoms with E-state index in [9.17, 15) is 4.79 Å². The Morgan fingerprint density at radius 3 is 2.91 bits per heavy atom. The Bertz CT molecular complexity index is 1370. The first kappa shape index (κ1) is 22.3. The molecule has 2 aromatic carbocycles. The normalized spacial score (nSPS) is 17.9. The third-order valence-electron chi connectivity index (χ3n) is 6.32. The van der Waals surface area contributed by atoms with Crippen molar-refractivity contribution in [1.82, 2.24) is 4.90 Å². The van der Waals surface area contributed by atoms with Crippen molar-refractivity contribution in [1.29, 1.82) is 0 Å². The van der Waals surface area contributed by atoms with E-state index in [2.05, 4.69) is 41.8 Å². The molecule has 35 heavy (non-hydrogen) atoms. The fraction of sp³-hybridized carbons (Fsp3) is 0.250. The van der Waals surface area contributed by atoms with Crippen LogP contribution in [-0.2, 0) is 16.1 Å². The van der Waals surface area contributed by atoms with Crippen LogP contribution in [-0.4, -0.2) is 43.3 Å². The molecule has 0 aliphatic carbocycles. The molecule has 1 amide bonds. The van der Waals surface area contributed by atoms with Crippen molar-refractivity contribution in [2.45, 2.75) is 19.1 Å². The van der Waals surface area contributed by atoms with Gasteiger partial charge in [-0.25, -0.2) is 0 Å². The van der Waals surface area contributed by atoms with Gasteiger partial charge in [-0.2, -0.15) is 0 Å². The van der Waals surface area contributed by atoms with Gasteiger partial charge in [-0.05, 0) is 46.7 Å². The van der Waals surface area contributed by atoms with Gasteiger partial charge in [-0.3, -0.25) is 4.79 Å². The number of hydrogen-bond donors (Lipinski definition) is 0. The second-order valence-corrected chi connectivity index (χ2v) is 10.6. The van der Waals surface area contributed by atoms with Crippen LogP contribution in [0, 0.1) is 0 Å². The van der Waals surface area contributed by atoms with Gasteiger partial charge in [0.1, 0.15) is 12.7 Å². The zero-order valence-corrected chi connectivity index (χ0v) is 20.8. The number of ether oxygens (including phenoxy) is 3. The zero-order valence-electron chi connectivity index (χ0n) is 19.1. The Kier molecular flexibility index (Phi) is 6.29. The maximum absolute atomic E-state index is 13.0. The highest BCUT2D eigenvalue weighted by atomic mass is 32.1. The summed E-state index contributed by atoms with van der Waals surface area (Å²) in [6, 6.07) is 16.6. The summed E-state index contributed by atoms with van der Waals surface area (Å²) in [5.74, 6) is 1.44. The van der Waals surface area contributed by atoms with E-state index in [1.165, 1.54) is 15.6 Å². The van der Waals surface area contributed by atoms with Crippen LogP contribution in [0.5, 0.6) is 11.5 Å². The molecule has 1 fully saturated rings. The van der Waals surface area contributed by atoms with E-state index in [-0.39, 0.29) is 12.0 Å². The number of benzene rings is 2. The van der Waals surface area contributed by atoms with Crippen LogP contribution in [0.25, 0.3) is 27.3 Å². The summed E-state index contributed by atoms with van der Waals surface area (Å²) >= 11 is 3.35. The third-order valence-corrected chi connectivity index (χ3v) is 8.12.